The minimum Gasteiger partial charge on any atom is -0.343 e. The second kappa shape index (κ2) is 8.48. The van der Waals surface area contributed by atoms with E-state index in [0.29, 0.717) is 6.42 Å². The molecule has 0 radical (unpaired) electrons. The third-order valence-electron chi connectivity index (χ3n) is 3.52. The number of amides is 1. The average Bonchev–Trinajstić information content (AvgIpc) is 2.37. The van der Waals surface area contributed by atoms with Crippen LogP contribution in [0.4, 0.5) is 0 Å². The smallest absolute Gasteiger partial charge is 0.223 e. The van der Waals surface area contributed by atoms with Crippen molar-refractivity contribution < 1.29 is 4.79 Å². The Morgan fingerprint density at radius 2 is 1.94 bits per heavy atom. The van der Waals surface area contributed by atoms with Crippen LogP contribution >= 0.6 is 0 Å². The molecule has 0 bridgehead atoms. The van der Waals surface area contributed by atoms with Gasteiger partial charge in [-0.3, -0.25) is 4.79 Å². The monoisotopic (exact) mass is 241 g/mol. The Balaban J connectivity index is 2.04. The van der Waals surface area contributed by atoms with Crippen LogP contribution in [-0.4, -0.2) is 50.1 Å². The van der Waals surface area contributed by atoms with Crippen LogP contribution in [0.25, 0.3) is 0 Å². The van der Waals surface area contributed by atoms with Crippen molar-refractivity contribution in [3.05, 3.63) is 0 Å². The van der Waals surface area contributed by atoms with Gasteiger partial charge in [-0.05, 0) is 52.2 Å². The largest absolute Gasteiger partial charge is 0.343 e. The molecule has 4 heteroatoms. The minimum absolute atomic E-state index is 0.271. The summed E-state index contributed by atoms with van der Waals surface area (Å²) in [5.74, 6) is 1.06. The summed E-state index contributed by atoms with van der Waals surface area (Å²) in [6.07, 6.45) is 3.15. The lowest BCUT2D eigenvalue weighted by molar-refractivity contribution is -0.130. The van der Waals surface area contributed by atoms with Crippen LogP contribution in [0.1, 0.15) is 33.1 Å². The number of hydrogen-bond donors (Lipinski definition) is 2. The normalized spacial score (nSPS) is 17.1. The molecule has 1 saturated heterocycles. The van der Waals surface area contributed by atoms with E-state index in [4.69, 9.17) is 0 Å². The van der Waals surface area contributed by atoms with Crippen LogP contribution in [0.5, 0.6) is 0 Å². The summed E-state index contributed by atoms with van der Waals surface area (Å²) in [6, 6.07) is 0. The van der Waals surface area contributed by atoms with Gasteiger partial charge in [0.2, 0.25) is 5.91 Å². The maximum absolute atomic E-state index is 11.7. The van der Waals surface area contributed by atoms with Gasteiger partial charge in [0.1, 0.15) is 0 Å². The van der Waals surface area contributed by atoms with Gasteiger partial charge in [0, 0.05) is 26.1 Å². The standard InChI is InChI=1S/C13H27N3O/c1-3-16(4-2)13(17)7-10-15-11-12-5-8-14-9-6-12/h12,14-15H,3-11H2,1-2H3. The highest BCUT2D eigenvalue weighted by molar-refractivity contribution is 5.76. The first kappa shape index (κ1) is 14.5. The first-order valence-corrected chi connectivity index (χ1v) is 6.97. The van der Waals surface area contributed by atoms with Gasteiger partial charge in [-0.15, -0.1) is 0 Å². The summed E-state index contributed by atoms with van der Waals surface area (Å²) in [6.45, 7) is 9.88. The van der Waals surface area contributed by atoms with Crippen LogP contribution in [0.15, 0.2) is 0 Å². The maximum atomic E-state index is 11.7. The Kier molecular flexibility index (Phi) is 7.21. The molecule has 0 aromatic heterocycles. The van der Waals surface area contributed by atoms with Crippen molar-refractivity contribution in [2.45, 2.75) is 33.1 Å². The number of nitrogens with one attached hydrogen (secondary N) is 2. The van der Waals surface area contributed by atoms with Crippen molar-refractivity contribution in [1.82, 2.24) is 15.5 Å². The molecule has 1 heterocycles. The second-order valence-electron chi connectivity index (χ2n) is 4.71. The average molecular weight is 241 g/mol. The predicted molar refractivity (Wildman–Crippen MR) is 71.0 cm³/mol. The van der Waals surface area contributed by atoms with Gasteiger partial charge in [-0.1, -0.05) is 0 Å². The zero-order valence-electron chi connectivity index (χ0n) is 11.3. The molecule has 4 nitrogen and oxygen atoms in total. The molecule has 1 rings (SSSR count). The van der Waals surface area contributed by atoms with Crippen LogP contribution in [0.2, 0.25) is 0 Å². The van der Waals surface area contributed by atoms with Crippen molar-refractivity contribution in [1.29, 1.82) is 0 Å². The molecular weight excluding hydrogens is 214 g/mol. The van der Waals surface area contributed by atoms with Gasteiger partial charge in [-0.25, -0.2) is 0 Å². The molecule has 1 amide bonds. The molecule has 1 fully saturated rings. The van der Waals surface area contributed by atoms with Gasteiger partial charge in [-0.2, -0.15) is 0 Å². The second-order valence-corrected chi connectivity index (χ2v) is 4.71. The van der Waals surface area contributed by atoms with Crippen molar-refractivity contribution >= 4 is 5.91 Å². The molecule has 0 aromatic rings. The number of nitrogens with zero attached hydrogens (tertiary/aromatic N) is 1. The fraction of sp³-hybridized carbons (Fsp3) is 0.923. The van der Waals surface area contributed by atoms with Crippen LogP contribution < -0.4 is 10.6 Å². The van der Waals surface area contributed by atoms with E-state index in [-0.39, 0.29) is 5.91 Å². The topological polar surface area (TPSA) is 44.4 Å². The zero-order valence-corrected chi connectivity index (χ0v) is 11.3. The number of carbonyl (C=O) groups excluding carboxylic acids is 1. The third-order valence-corrected chi connectivity index (χ3v) is 3.52. The highest BCUT2D eigenvalue weighted by Gasteiger charge is 2.13. The highest BCUT2D eigenvalue weighted by atomic mass is 16.2. The predicted octanol–water partition coefficient (Wildman–Crippen LogP) is 0.834. The lowest BCUT2D eigenvalue weighted by atomic mass is 9.98. The Bertz CT molecular complexity index is 211. The van der Waals surface area contributed by atoms with Crippen molar-refractivity contribution in [3.8, 4) is 0 Å². The van der Waals surface area contributed by atoms with E-state index in [1.807, 2.05) is 18.7 Å². The Hall–Kier alpha value is -0.610. The summed E-state index contributed by atoms with van der Waals surface area (Å²) in [5.41, 5.74) is 0. The van der Waals surface area contributed by atoms with Crippen molar-refractivity contribution in [3.63, 3.8) is 0 Å². The number of rotatable bonds is 7. The van der Waals surface area contributed by atoms with Gasteiger partial charge >= 0.3 is 0 Å². The quantitative estimate of drug-likeness (QED) is 0.649. The molecule has 0 unspecified atom stereocenters. The molecule has 0 saturated carbocycles. The fourth-order valence-electron chi connectivity index (χ4n) is 2.32. The summed E-state index contributed by atoms with van der Waals surface area (Å²) < 4.78 is 0. The Labute approximate surface area is 105 Å². The van der Waals surface area contributed by atoms with E-state index in [1.54, 1.807) is 0 Å². The molecule has 17 heavy (non-hydrogen) atoms. The first-order chi connectivity index (χ1) is 8.27. The van der Waals surface area contributed by atoms with E-state index in [2.05, 4.69) is 10.6 Å². The minimum atomic E-state index is 0.271. The van der Waals surface area contributed by atoms with Crippen molar-refractivity contribution in [2.75, 3.05) is 39.3 Å². The molecule has 0 aromatic carbocycles. The van der Waals surface area contributed by atoms with Gasteiger partial charge in [0.25, 0.3) is 0 Å². The zero-order chi connectivity index (χ0) is 12.5. The summed E-state index contributed by atoms with van der Waals surface area (Å²) in [5, 5.41) is 6.78. The van der Waals surface area contributed by atoms with E-state index in [1.165, 1.54) is 12.8 Å². The molecule has 2 N–H and O–H groups in total. The summed E-state index contributed by atoms with van der Waals surface area (Å²) >= 11 is 0. The summed E-state index contributed by atoms with van der Waals surface area (Å²) in [7, 11) is 0. The van der Waals surface area contributed by atoms with Gasteiger partial charge in [0.15, 0.2) is 0 Å². The van der Waals surface area contributed by atoms with E-state index < -0.39 is 0 Å². The molecule has 0 spiro atoms. The fourth-order valence-corrected chi connectivity index (χ4v) is 2.32. The number of piperidine rings is 1. The Morgan fingerprint density at radius 3 is 2.53 bits per heavy atom. The van der Waals surface area contributed by atoms with E-state index in [0.717, 1.165) is 45.2 Å². The molecule has 1 aliphatic rings. The highest BCUT2D eigenvalue weighted by Crippen LogP contribution is 2.09. The molecular formula is C13H27N3O. The van der Waals surface area contributed by atoms with Crippen LogP contribution in [-0.2, 0) is 4.79 Å². The lowest BCUT2D eigenvalue weighted by Gasteiger charge is -2.23. The molecule has 0 atom stereocenters. The van der Waals surface area contributed by atoms with E-state index >= 15 is 0 Å². The number of carbonyl (C=O) groups is 1. The molecule has 1 aliphatic heterocycles. The van der Waals surface area contributed by atoms with Crippen molar-refractivity contribution in [2.24, 2.45) is 5.92 Å². The van der Waals surface area contributed by atoms with Gasteiger partial charge in [0.05, 0.1) is 0 Å². The summed E-state index contributed by atoms with van der Waals surface area (Å²) in [4.78, 5) is 13.6. The maximum Gasteiger partial charge on any atom is 0.223 e. The van der Waals surface area contributed by atoms with Crippen LogP contribution in [0, 0.1) is 5.92 Å². The van der Waals surface area contributed by atoms with Crippen LogP contribution in [0.3, 0.4) is 0 Å². The number of hydrogen-bond acceptors (Lipinski definition) is 3. The third kappa shape index (κ3) is 5.50. The first-order valence-electron chi connectivity index (χ1n) is 6.97. The Morgan fingerprint density at radius 1 is 1.29 bits per heavy atom. The molecule has 0 aliphatic carbocycles. The van der Waals surface area contributed by atoms with E-state index in [9.17, 15) is 4.79 Å². The molecule has 100 valence electrons. The van der Waals surface area contributed by atoms with Gasteiger partial charge < -0.3 is 15.5 Å². The lowest BCUT2D eigenvalue weighted by Crippen LogP contribution is -2.36. The SMILES string of the molecule is CCN(CC)C(=O)CCNCC1CCNCC1.